The topological polar surface area (TPSA) is 76.9 Å². The van der Waals surface area contributed by atoms with Crippen LogP contribution in [0.15, 0.2) is 24.5 Å². The third-order valence-corrected chi connectivity index (χ3v) is 3.37. The van der Waals surface area contributed by atoms with Crippen molar-refractivity contribution in [1.29, 1.82) is 5.26 Å². The van der Waals surface area contributed by atoms with Crippen LogP contribution >= 0.6 is 0 Å². The fraction of sp³-hybridized carbons (Fsp3) is 0.375. The average molecular weight is 284 g/mol. The van der Waals surface area contributed by atoms with Crippen LogP contribution in [-0.2, 0) is 7.05 Å². The van der Waals surface area contributed by atoms with Crippen molar-refractivity contribution in [1.82, 2.24) is 9.78 Å². The second kappa shape index (κ2) is 5.98. The molecule has 0 saturated heterocycles. The number of nitrogens with two attached hydrogens (primary N) is 1. The summed E-state index contributed by atoms with van der Waals surface area (Å²) >= 11 is 0. The van der Waals surface area contributed by atoms with Crippen LogP contribution in [0.4, 0.5) is 0 Å². The molecule has 0 radical (unpaired) electrons. The summed E-state index contributed by atoms with van der Waals surface area (Å²) in [4.78, 5) is 0. The molecule has 2 N–H and O–H groups in total. The summed E-state index contributed by atoms with van der Waals surface area (Å²) < 4.78 is 7.88. The summed E-state index contributed by atoms with van der Waals surface area (Å²) in [6, 6.07) is 5.62. The third kappa shape index (κ3) is 3.23. The van der Waals surface area contributed by atoms with Crippen molar-refractivity contribution < 1.29 is 4.74 Å². The summed E-state index contributed by atoms with van der Waals surface area (Å²) in [5, 5.41) is 13.2. The summed E-state index contributed by atoms with van der Waals surface area (Å²) in [7, 11) is 1.86. The first-order chi connectivity index (χ1) is 9.92. The molecule has 0 bridgehead atoms. The Hall–Kier alpha value is -2.32. The number of hydrogen-bond acceptors (Lipinski definition) is 4. The summed E-state index contributed by atoms with van der Waals surface area (Å²) in [6.07, 6.45) is 3.40. The van der Waals surface area contributed by atoms with Crippen LogP contribution < -0.4 is 10.5 Å². The molecule has 21 heavy (non-hydrogen) atoms. The number of hydrogen-bond donors (Lipinski definition) is 1. The van der Waals surface area contributed by atoms with Crippen molar-refractivity contribution in [2.75, 3.05) is 0 Å². The average Bonchev–Trinajstić information content (AvgIpc) is 2.83. The first-order valence-corrected chi connectivity index (χ1v) is 6.84. The van der Waals surface area contributed by atoms with Crippen molar-refractivity contribution >= 4 is 0 Å². The van der Waals surface area contributed by atoms with E-state index >= 15 is 0 Å². The molecule has 5 heteroatoms. The van der Waals surface area contributed by atoms with E-state index in [1.165, 1.54) is 0 Å². The Morgan fingerprint density at radius 2 is 1.95 bits per heavy atom. The Morgan fingerprint density at radius 1 is 1.33 bits per heavy atom. The molecule has 110 valence electrons. The SMILES string of the molecule is Cc1cc(C#N)cc(C)c1OC(c1cnn(C)c1)C(C)N. The van der Waals surface area contributed by atoms with E-state index in [-0.39, 0.29) is 12.1 Å². The number of nitriles is 1. The van der Waals surface area contributed by atoms with Crippen LogP contribution in [0.3, 0.4) is 0 Å². The van der Waals surface area contributed by atoms with Gasteiger partial charge in [0.2, 0.25) is 0 Å². The molecule has 2 rings (SSSR count). The van der Waals surface area contributed by atoms with Crippen LogP contribution in [0.1, 0.15) is 35.3 Å². The zero-order chi connectivity index (χ0) is 15.6. The van der Waals surface area contributed by atoms with Crippen molar-refractivity contribution in [2.24, 2.45) is 12.8 Å². The van der Waals surface area contributed by atoms with Crippen LogP contribution in [-0.4, -0.2) is 15.8 Å². The second-order valence-electron chi connectivity index (χ2n) is 5.40. The monoisotopic (exact) mass is 284 g/mol. The van der Waals surface area contributed by atoms with E-state index in [9.17, 15) is 0 Å². The van der Waals surface area contributed by atoms with E-state index in [4.69, 9.17) is 15.7 Å². The molecule has 0 aliphatic carbocycles. The van der Waals surface area contributed by atoms with Gasteiger partial charge in [0, 0.05) is 24.8 Å². The van der Waals surface area contributed by atoms with E-state index < -0.39 is 0 Å². The Kier molecular flexibility index (Phi) is 4.29. The predicted molar refractivity (Wildman–Crippen MR) is 80.9 cm³/mol. The zero-order valence-electron chi connectivity index (χ0n) is 12.8. The lowest BCUT2D eigenvalue weighted by Crippen LogP contribution is -2.29. The smallest absolute Gasteiger partial charge is 0.142 e. The first kappa shape index (κ1) is 15.1. The molecule has 2 unspecified atom stereocenters. The number of ether oxygens (including phenoxy) is 1. The van der Waals surface area contributed by atoms with Crippen LogP contribution in [0.5, 0.6) is 5.75 Å². The number of rotatable bonds is 4. The first-order valence-electron chi connectivity index (χ1n) is 6.84. The highest BCUT2D eigenvalue weighted by Gasteiger charge is 2.21. The molecule has 2 aromatic rings. The van der Waals surface area contributed by atoms with Gasteiger partial charge in [-0.25, -0.2) is 0 Å². The van der Waals surface area contributed by atoms with Gasteiger partial charge in [0.1, 0.15) is 11.9 Å². The lowest BCUT2D eigenvalue weighted by atomic mass is 10.0. The minimum atomic E-state index is -0.274. The maximum atomic E-state index is 9.01. The Balaban J connectivity index is 2.36. The molecule has 0 amide bonds. The Bertz CT molecular complexity index is 659. The minimum absolute atomic E-state index is 0.177. The highest BCUT2D eigenvalue weighted by Crippen LogP contribution is 2.30. The molecule has 0 spiro atoms. The molecule has 0 aliphatic heterocycles. The third-order valence-electron chi connectivity index (χ3n) is 3.37. The maximum absolute atomic E-state index is 9.01. The Labute approximate surface area is 124 Å². The van der Waals surface area contributed by atoms with Crippen molar-refractivity contribution in [3.05, 3.63) is 46.8 Å². The van der Waals surface area contributed by atoms with Gasteiger partial charge in [-0.1, -0.05) is 0 Å². The normalized spacial score (nSPS) is 13.5. The lowest BCUT2D eigenvalue weighted by Gasteiger charge is -2.24. The van der Waals surface area contributed by atoms with Gasteiger partial charge in [-0.3, -0.25) is 4.68 Å². The lowest BCUT2D eigenvalue weighted by molar-refractivity contribution is 0.178. The molecule has 0 saturated carbocycles. The molecule has 1 aromatic heterocycles. The van der Waals surface area contributed by atoms with Gasteiger partial charge in [0.15, 0.2) is 0 Å². The van der Waals surface area contributed by atoms with Crippen molar-refractivity contribution in [2.45, 2.75) is 32.9 Å². The zero-order valence-corrected chi connectivity index (χ0v) is 12.8. The van der Waals surface area contributed by atoms with E-state index in [1.807, 2.05) is 46.1 Å². The number of nitrogens with zero attached hydrogens (tertiary/aromatic N) is 3. The number of aryl methyl sites for hydroxylation is 3. The van der Waals surface area contributed by atoms with Gasteiger partial charge in [-0.05, 0) is 44.0 Å². The minimum Gasteiger partial charge on any atom is -0.483 e. The molecular weight excluding hydrogens is 264 g/mol. The molecule has 2 atom stereocenters. The summed E-state index contributed by atoms with van der Waals surface area (Å²) in [5.74, 6) is 0.778. The Morgan fingerprint density at radius 3 is 2.38 bits per heavy atom. The number of benzene rings is 1. The van der Waals surface area contributed by atoms with Crippen LogP contribution in [0, 0.1) is 25.2 Å². The molecule has 1 aromatic carbocycles. The highest BCUT2D eigenvalue weighted by molar-refractivity contribution is 5.47. The molecule has 1 heterocycles. The van der Waals surface area contributed by atoms with Crippen LogP contribution in [0.2, 0.25) is 0 Å². The van der Waals surface area contributed by atoms with E-state index in [2.05, 4.69) is 11.2 Å². The van der Waals surface area contributed by atoms with E-state index in [1.54, 1.807) is 10.9 Å². The second-order valence-corrected chi connectivity index (χ2v) is 5.40. The van der Waals surface area contributed by atoms with Crippen molar-refractivity contribution in [3.63, 3.8) is 0 Å². The van der Waals surface area contributed by atoms with Gasteiger partial charge < -0.3 is 10.5 Å². The van der Waals surface area contributed by atoms with Crippen molar-refractivity contribution in [3.8, 4) is 11.8 Å². The largest absolute Gasteiger partial charge is 0.483 e. The fourth-order valence-corrected chi connectivity index (χ4v) is 2.39. The van der Waals surface area contributed by atoms with Gasteiger partial charge in [-0.2, -0.15) is 10.4 Å². The summed E-state index contributed by atoms with van der Waals surface area (Å²) in [6.45, 7) is 5.78. The van der Waals surface area contributed by atoms with E-state index in [0.29, 0.717) is 5.56 Å². The standard InChI is InChI=1S/C16H20N4O/c1-10-5-13(7-17)6-11(2)15(10)21-16(12(3)18)14-8-19-20(4)9-14/h5-6,8-9,12,16H,18H2,1-4H3. The van der Waals surface area contributed by atoms with Gasteiger partial charge >= 0.3 is 0 Å². The maximum Gasteiger partial charge on any atom is 0.142 e. The van der Waals surface area contributed by atoms with Gasteiger partial charge in [0.25, 0.3) is 0 Å². The summed E-state index contributed by atoms with van der Waals surface area (Å²) in [5.41, 5.74) is 9.51. The van der Waals surface area contributed by atoms with Gasteiger partial charge in [0.05, 0.1) is 17.8 Å². The number of aromatic nitrogens is 2. The molecular formula is C16H20N4O. The molecule has 0 aliphatic rings. The van der Waals surface area contributed by atoms with Gasteiger partial charge in [-0.15, -0.1) is 0 Å². The molecule has 5 nitrogen and oxygen atoms in total. The highest BCUT2D eigenvalue weighted by atomic mass is 16.5. The predicted octanol–water partition coefficient (Wildman–Crippen LogP) is 2.38. The quantitative estimate of drug-likeness (QED) is 0.935. The molecule has 0 fully saturated rings. The van der Waals surface area contributed by atoms with E-state index in [0.717, 1.165) is 22.4 Å². The van der Waals surface area contributed by atoms with Crippen LogP contribution in [0.25, 0.3) is 0 Å². The fourth-order valence-electron chi connectivity index (χ4n) is 2.39.